The van der Waals surface area contributed by atoms with Gasteiger partial charge in [-0.3, -0.25) is 4.79 Å². The molecular weight excluding hydrogens is 281 g/mol. The van der Waals surface area contributed by atoms with Crippen molar-refractivity contribution in [3.63, 3.8) is 0 Å². The molecule has 1 fully saturated rings. The lowest BCUT2D eigenvalue weighted by Gasteiger charge is -2.25. The Balaban J connectivity index is 1.80. The zero-order valence-electron chi connectivity index (χ0n) is 13.4. The molecule has 22 heavy (non-hydrogen) atoms. The van der Waals surface area contributed by atoms with E-state index >= 15 is 0 Å². The second kappa shape index (κ2) is 8.25. The SMILES string of the molecule is CN(C)C(CNC(=O)CCC1CCNC1)c1ccc(F)cc1. The number of carbonyl (C=O) groups excluding carboxylic acids is 1. The number of likely N-dealkylation sites (N-methyl/N-ethyl adjacent to an activating group) is 1. The van der Waals surface area contributed by atoms with E-state index in [0.29, 0.717) is 18.9 Å². The number of carbonyl (C=O) groups is 1. The van der Waals surface area contributed by atoms with Crippen LogP contribution in [0.3, 0.4) is 0 Å². The molecule has 1 saturated heterocycles. The van der Waals surface area contributed by atoms with Crippen LogP contribution in [0.15, 0.2) is 24.3 Å². The molecule has 0 radical (unpaired) electrons. The number of nitrogens with zero attached hydrogens (tertiary/aromatic N) is 1. The Morgan fingerprint density at radius 3 is 2.73 bits per heavy atom. The van der Waals surface area contributed by atoms with E-state index in [1.807, 2.05) is 19.0 Å². The van der Waals surface area contributed by atoms with Crippen molar-refractivity contribution in [2.45, 2.75) is 25.3 Å². The zero-order chi connectivity index (χ0) is 15.9. The summed E-state index contributed by atoms with van der Waals surface area (Å²) in [5.41, 5.74) is 1.01. The number of nitrogens with one attached hydrogen (secondary N) is 2. The first-order valence-electron chi connectivity index (χ1n) is 7.95. The topological polar surface area (TPSA) is 44.4 Å². The van der Waals surface area contributed by atoms with Gasteiger partial charge in [-0.2, -0.15) is 0 Å². The van der Waals surface area contributed by atoms with E-state index in [0.717, 1.165) is 25.1 Å². The van der Waals surface area contributed by atoms with Gasteiger partial charge in [0, 0.05) is 13.0 Å². The molecule has 1 amide bonds. The van der Waals surface area contributed by atoms with Crippen LogP contribution >= 0.6 is 0 Å². The second-order valence-corrected chi connectivity index (χ2v) is 6.23. The molecule has 122 valence electrons. The van der Waals surface area contributed by atoms with Crippen molar-refractivity contribution in [1.29, 1.82) is 0 Å². The molecule has 2 rings (SSSR count). The quantitative estimate of drug-likeness (QED) is 0.809. The van der Waals surface area contributed by atoms with Gasteiger partial charge in [-0.25, -0.2) is 4.39 Å². The second-order valence-electron chi connectivity index (χ2n) is 6.23. The van der Waals surface area contributed by atoms with Gasteiger partial charge in [-0.15, -0.1) is 0 Å². The van der Waals surface area contributed by atoms with E-state index in [9.17, 15) is 9.18 Å². The summed E-state index contributed by atoms with van der Waals surface area (Å²) in [6.45, 7) is 2.64. The van der Waals surface area contributed by atoms with Gasteiger partial charge in [-0.1, -0.05) is 12.1 Å². The Kier molecular flexibility index (Phi) is 6.34. The van der Waals surface area contributed by atoms with E-state index in [2.05, 4.69) is 10.6 Å². The Labute approximate surface area is 132 Å². The number of benzene rings is 1. The Morgan fingerprint density at radius 1 is 1.41 bits per heavy atom. The molecule has 0 aliphatic carbocycles. The minimum atomic E-state index is -0.240. The van der Waals surface area contributed by atoms with Crippen LogP contribution in [0, 0.1) is 11.7 Å². The molecule has 1 aromatic rings. The van der Waals surface area contributed by atoms with Crippen LogP contribution in [0.1, 0.15) is 30.9 Å². The van der Waals surface area contributed by atoms with Gasteiger partial charge in [0.15, 0.2) is 0 Å². The van der Waals surface area contributed by atoms with Gasteiger partial charge in [-0.05, 0) is 63.6 Å². The highest BCUT2D eigenvalue weighted by atomic mass is 19.1. The van der Waals surface area contributed by atoms with Crippen molar-refractivity contribution in [3.05, 3.63) is 35.6 Å². The molecule has 2 unspecified atom stereocenters. The first kappa shape index (κ1) is 16.9. The number of amides is 1. The van der Waals surface area contributed by atoms with Crippen molar-refractivity contribution < 1.29 is 9.18 Å². The highest BCUT2D eigenvalue weighted by Gasteiger charge is 2.18. The predicted molar refractivity (Wildman–Crippen MR) is 86.0 cm³/mol. The maximum absolute atomic E-state index is 13.0. The van der Waals surface area contributed by atoms with Crippen LogP contribution in [0.25, 0.3) is 0 Å². The normalized spacial score (nSPS) is 19.4. The third kappa shape index (κ3) is 5.07. The number of hydrogen-bond acceptors (Lipinski definition) is 3. The fraction of sp³-hybridized carbons (Fsp3) is 0.588. The maximum atomic E-state index is 13.0. The van der Waals surface area contributed by atoms with Crippen molar-refractivity contribution >= 4 is 5.91 Å². The fourth-order valence-electron chi connectivity index (χ4n) is 2.88. The van der Waals surface area contributed by atoms with E-state index in [4.69, 9.17) is 0 Å². The highest BCUT2D eigenvalue weighted by molar-refractivity contribution is 5.75. The van der Waals surface area contributed by atoms with Gasteiger partial charge >= 0.3 is 0 Å². The van der Waals surface area contributed by atoms with E-state index in [-0.39, 0.29) is 17.8 Å². The molecule has 0 spiro atoms. The predicted octanol–water partition coefficient (Wildman–Crippen LogP) is 1.93. The minimum Gasteiger partial charge on any atom is -0.354 e. The molecule has 2 N–H and O–H groups in total. The zero-order valence-corrected chi connectivity index (χ0v) is 13.4. The standard InChI is InChI=1S/C17H26FN3O/c1-21(2)16(14-4-6-15(18)7-5-14)12-20-17(22)8-3-13-9-10-19-11-13/h4-7,13,16,19H,3,8-12H2,1-2H3,(H,20,22). The molecule has 1 aliphatic rings. The van der Waals surface area contributed by atoms with Gasteiger partial charge in [0.05, 0.1) is 6.04 Å². The largest absolute Gasteiger partial charge is 0.354 e. The third-order valence-electron chi connectivity index (χ3n) is 4.31. The first-order chi connectivity index (χ1) is 10.6. The molecule has 2 atom stereocenters. The van der Waals surface area contributed by atoms with Gasteiger partial charge in [0.1, 0.15) is 5.82 Å². The molecule has 1 aromatic carbocycles. The average molecular weight is 307 g/mol. The summed E-state index contributed by atoms with van der Waals surface area (Å²) in [6, 6.07) is 6.52. The maximum Gasteiger partial charge on any atom is 0.220 e. The van der Waals surface area contributed by atoms with Crippen LogP contribution in [-0.2, 0) is 4.79 Å². The molecular formula is C17H26FN3O. The summed E-state index contributed by atoms with van der Waals surface area (Å²) >= 11 is 0. The molecule has 4 nitrogen and oxygen atoms in total. The molecule has 1 heterocycles. The highest BCUT2D eigenvalue weighted by Crippen LogP contribution is 2.18. The van der Waals surface area contributed by atoms with Crippen LogP contribution in [-0.4, -0.2) is 44.5 Å². The lowest BCUT2D eigenvalue weighted by Crippen LogP contribution is -2.34. The number of hydrogen-bond donors (Lipinski definition) is 2. The molecule has 0 bridgehead atoms. The molecule has 0 aromatic heterocycles. The van der Waals surface area contributed by atoms with Crippen LogP contribution in [0.5, 0.6) is 0 Å². The van der Waals surface area contributed by atoms with Gasteiger partial charge < -0.3 is 15.5 Å². The summed E-state index contributed by atoms with van der Waals surface area (Å²) in [5.74, 6) is 0.490. The summed E-state index contributed by atoms with van der Waals surface area (Å²) in [5, 5.41) is 6.32. The summed E-state index contributed by atoms with van der Waals surface area (Å²) < 4.78 is 13.0. The monoisotopic (exact) mass is 307 g/mol. The molecule has 0 saturated carbocycles. The lowest BCUT2D eigenvalue weighted by molar-refractivity contribution is -0.121. The average Bonchev–Trinajstić information content (AvgIpc) is 3.00. The van der Waals surface area contributed by atoms with Gasteiger partial charge in [0.25, 0.3) is 0 Å². The van der Waals surface area contributed by atoms with Crippen molar-refractivity contribution in [1.82, 2.24) is 15.5 Å². The van der Waals surface area contributed by atoms with E-state index in [1.165, 1.54) is 18.6 Å². The molecule has 1 aliphatic heterocycles. The lowest BCUT2D eigenvalue weighted by atomic mass is 10.0. The Hall–Kier alpha value is -1.46. The fourth-order valence-corrected chi connectivity index (χ4v) is 2.88. The van der Waals surface area contributed by atoms with Crippen LogP contribution in [0.2, 0.25) is 0 Å². The van der Waals surface area contributed by atoms with Crippen molar-refractivity contribution in [2.75, 3.05) is 33.7 Å². The van der Waals surface area contributed by atoms with E-state index in [1.54, 1.807) is 12.1 Å². The summed E-state index contributed by atoms with van der Waals surface area (Å²) in [4.78, 5) is 14.0. The summed E-state index contributed by atoms with van der Waals surface area (Å²) in [6.07, 6.45) is 2.70. The molecule has 5 heteroatoms. The smallest absolute Gasteiger partial charge is 0.220 e. The third-order valence-corrected chi connectivity index (χ3v) is 4.31. The van der Waals surface area contributed by atoms with Crippen LogP contribution in [0.4, 0.5) is 4.39 Å². The summed E-state index contributed by atoms with van der Waals surface area (Å²) in [7, 11) is 3.93. The van der Waals surface area contributed by atoms with Crippen molar-refractivity contribution in [3.8, 4) is 0 Å². The van der Waals surface area contributed by atoms with Crippen LogP contribution < -0.4 is 10.6 Å². The first-order valence-corrected chi connectivity index (χ1v) is 7.95. The minimum absolute atomic E-state index is 0.0534. The van der Waals surface area contributed by atoms with E-state index < -0.39 is 0 Å². The van der Waals surface area contributed by atoms with Gasteiger partial charge in [0.2, 0.25) is 5.91 Å². The number of halogens is 1. The Morgan fingerprint density at radius 2 is 2.14 bits per heavy atom. The Bertz CT molecular complexity index is 469. The van der Waals surface area contributed by atoms with Crippen molar-refractivity contribution in [2.24, 2.45) is 5.92 Å². The number of rotatable bonds is 7.